The van der Waals surface area contributed by atoms with E-state index >= 15 is 0 Å². The van der Waals surface area contributed by atoms with Crippen LogP contribution in [0.3, 0.4) is 0 Å². The minimum atomic E-state index is -0.0210. The number of nitrogens with one attached hydrogen (secondary N) is 2. The summed E-state index contributed by atoms with van der Waals surface area (Å²) in [5.74, 6) is 0.752. The number of H-pyrrole nitrogens is 1. The molecule has 0 aliphatic carbocycles. The fourth-order valence-electron chi connectivity index (χ4n) is 2.02. The fourth-order valence-corrected chi connectivity index (χ4v) is 2.02. The molecule has 0 saturated heterocycles. The molecular formula is C15H18N2O2. The summed E-state index contributed by atoms with van der Waals surface area (Å²) in [7, 11) is 1.62. The average molecular weight is 258 g/mol. The van der Waals surface area contributed by atoms with Crippen molar-refractivity contribution < 1.29 is 9.53 Å². The van der Waals surface area contributed by atoms with Gasteiger partial charge in [0, 0.05) is 17.1 Å². The van der Waals surface area contributed by atoms with E-state index in [1.54, 1.807) is 7.11 Å². The van der Waals surface area contributed by atoms with Crippen molar-refractivity contribution in [3.05, 3.63) is 47.3 Å². The molecule has 0 bridgehead atoms. The minimum absolute atomic E-state index is 0.0210. The van der Waals surface area contributed by atoms with E-state index in [1.165, 1.54) is 0 Å². The lowest BCUT2D eigenvalue weighted by atomic mass is 10.1. The largest absolute Gasteiger partial charge is 0.497 e. The molecule has 1 amide bonds. The van der Waals surface area contributed by atoms with Gasteiger partial charge in [0.15, 0.2) is 0 Å². The molecule has 4 nitrogen and oxygen atoms in total. The summed E-state index contributed by atoms with van der Waals surface area (Å²) < 4.78 is 5.07. The summed E-state index contributed by atoms with van der Waals surface area (Å²) in [6.45, 7) is 3.96. The second-order valence-electron chi connectivity index (χ2n) is 4.56. The van der Waals surface area contributed by atoms with E-state index in [1.807, 2.05) is 44.2 Å². The Balaban J connectivity index is 1.99. The molecule has 0 aliphatic heterocycles. The number of rotatable bonds is 4. The summed E-state index contributed by atoms with van der Waals surface area (Å²) in [6.07, 6.45) is 0.377. The van der Waals surface area contributed by atoms with Crippen LogP contribution in [0.5, 0.6) is 5.75 Å². The van der Waals surface area contributed by atoms with Crippen molar-refractivity contribution in [1.29, 1.82) is 0 Å². The van der Waals surface area contributed by atoms with Crippen LogP contribution in [-0.4, -0.2) is 18.0 Å². The van der Waals surface area contributed by atoms with Crippen LogP contribution in [0.15, 0.2) is 30.3 Å². The number of hydrogen-bond acceptors (Lipinski definition) is 2. The predicted molar refractivity (Wildman–Crippen MR) is 75.6 cm³/mol. The quantitative estimate of drug-likeness (QED) is 0.886. The average Bonchev–Trinajstić information content (AvgIpc) is 2.68. The van der Waals surface area contributed by atoms with Gasteiger partial charge in [0.1, 0.15) is 5.75 Å². The van der Waals surface area contributed by atoms with Gasteiger partial charge in [-0.25, -0.2) is 0 Å². The van der Waals surface area contributed by atoms with Gasteiger partial charge in [0.05, 0.1) is 13.5 Å². The number of anilines is 1. The van der Waals surface area contributed by atoms with E-state index < -0.39 is 0 Å². The first-order valence-electron chi connectivity index (χ1n) is 6.17. The van der Waals surface area contributed by atoms with Gasteiger partial charge in [0.2, 0.25) is 5.91 Å². The summed E-state index contributed by atoms with van der Waals surface area (Å²) in [5.41, 5.74) is 3.92. The van der Waals surface area contributed by atoms with Crippen molar-refractivity contribution in [3.8, 4) is 5.75 Å². The molecular weight excluding hydrogens is 240 g/mol. The van der Waals surface area contributed by atoms with E-state index in [9.17, 15) is 4.79 Å². The standard InChI is InChI=1S/C15H18N2O2/c1-10-8-12(11(2)16-10)9-15(18)17-13-4-6-14(19-3)7-5-13/h4-8,16H,9H2,1-3H3,(H,17,18). The predicted octanol–water partition coefficient (Wildman–Crippen LogP) is 2.82. The van der Waals surface area contributed by atoms with E-state index in [4.69, 9.17) is 4.74 Å². The highest BCUT2D eigenvalue weighted by Crippen LogP contribution is 2.16. The molecule has 2 N–H and O–H groups in total. The smallest absolute Gasteiger partial charge is 0.228 e. The van der Waals surface area contributed by atoms with Crippen LogP contribution in [0, 0.1) is 13.8 Å². The van der Waals surface area contributed by atoms with E-state index in [-0.39, 0.29) is 5.91 Å². The molecule has 0 radical (unpaired) electrons. The first-order valence-corrected chi connectivity index (χ1v) is 6.17. The topological polar surface area (TPSA) is 54.1 Å². The summed E-state index contributed by atoms with van der Waals surface area (Å²) in [6, 6.07) is 9.30. The molecule has 1 heterocycles. The molecule has 0 unspecified atom stereocenters. The maximum absolute atomic E-state index is 11.9. The number of carbonyl (C=O) groups is 1. The minimum Gasteiger partial charge on any atom is -0.497 e. The van der Waals surface area contributed by atoms with Gasteiger partial charge in [0.25, 0.3) is 0 Å². The number of ether oxygens (including phenoxy) is 1. The highest BCUT2D eigenvalue weighted by molar-refractivity contribution is 5.92. The van der Waals surface area contributed by atoms with Crippen molar-refractivity contribution in [2.24, 2.45) is 0 Å². The van der Waals surface area contributed by atoms with Crippen molar-refractivity contribution in [2.75, 3.05) is 12.4 Å². The Morgan fingerprint density at radius 1 is 1.26 bits per heavy atom. The van der Waals surface area contributed by atoms with Crippen LogP contribution in [0.1, 0.15) is 17.0 Å². The molecule has 1 aromatic heterocycles. The zero-order chi connectivity index (χ0) is 13.8. The number of amides is 1. The van der Waals surface area contributed by atoms with Crippen LogP contribution in [0.25, 0.3) is 0 Å². The Morgan fingerprint density at radius 3 is 2.47 bits per heavy atom. The lowest BCUT2D eigenvalue weighted by Gasteiger charge is -2.06. The third-order valence-electron chi connectivity index (χ3n) is 2.98. The van der Waals surface area contributed by atoms with Gasteiger partial charge in [-0.3, -0.25) is 4.79 Å². The number of aromatic amines is 1. The van der Waals surface area contributed by atoms with Crippen molar-refractivity contribution >= 4 is 11.6 Å². The van der Waals surface area contributed by atoms with Gasteiger partial charge < -0.3 is 15.0 Å². The zero-order valence-corrected chi connectivity index (χ0v) is 11.4. The molecule has 0 aliphatic rings. The molecule has 2 rings (SSSR count). The molecule has 0 fully saturated rings. The maximum Gasteiger partial charge on any atom is 0.228 e. The molecule has 1 aromatic carbocycles. The summed E-state index contributed by atoms with van der Waals surface area (Å²) in [5, 5.41) is 2.87. The lowest BCUT2D eigenvalue weighted by molar-refractivity contribution is -0.115. The fraction of sp³-hybridized carbons (Fsp3) is 0.267. The second kappa shape index (κ2) is 5.61. The highest BCUT2D eigenvalue weighted by Gasteiger charge is 2.08. The number of carbonyl (C=O) groups excluding carboxylic acids is 1. The molecule has 0 atom stereocenters. The maximum atomic E-state index is 11.9. The van der Waals surface area contributed by atoms with Crippen LogP contribution < -0.4 is 10.1 Å². The first kappa shape index (κ1) is 13.2. The highest BCUT2D eigenvalue weighted by atomic mass is 16.5. The number of aryl methyl sites for hydroxylation is 2. The SMILES string of the molecule is COc1ccc(NC(=O)Cc2cc(C)[nH]c2C)cc1. The van der Waals surface area contributed by atoms with E-state index in [0.717, 1.165) is 28.4 Å². The van der Waals surface area contributed by atoms with Gasteiger partial charge in [-0.1, -0.05) is 0 Å². The Hall–Kier alpha value is -2.23. The number of benzene rings is 1. The Morgan fingerprint density at radius 2 is 1.95 bits per heavy atom. The monoisotopic (exact) mass is 258 g/mol. The van der Waals surface area contributed by atoms with Crippen molar-refractivity contribution in [2.45, 2.75) is 20.3 Å². The summed E-state index contributed by atoms with van der Waals surface area (Å²) in [4.78, 5) is 15.1. The van der Waals surface area contributed by atoms with Gasteiger partial charge >= 0.3 is 0 Å². The Labute approximate surface area is 112 Å². The Kier molecular flexibility index (Phi) is 3.90. The molecule has 2 aromatic rings. The van der Waals surface area contributed by atoms with Gasteiger partial charge in [-0.15, -0.1) is 0 Å². The molecule has 0 spiro atoms. The molecule has 19 heavy (non-hydrogen) atoms. The number of methoxy groups -OCH3 is 1. The molecule has 0 saturated carbocycles. The molecule has 100 valence electrons. The van der Waals surface area contributed by atoms with Crippen LogP contribution in [0.4, 0.5) is 5.69 Å². The lowest BCUT2D eigenvalue weighted by Crippen LogP contribution is -2.14. The third kappa shape index (κ3) is 3.37. The molecule has 4 heteroatoms. The van der Waals surface area contributed by atoms with Crippen molar-refractivity contribution in [1.82, 2.24) is 4.98 Å². The zero-order valence-electron chi connectivity index (χ0n) is 11.4. The first-order chi connectivity index (χ1) is 9.08. The van der Waals surface area contributed by atoms with Crippen LogP contribution in [-0.2, 0) is 11.2 Å². The number of hydrogen-bond donors (Lipinski definition) is 2. The number of aromatic nitrogens is 1. The van der Waals surface area contributed by atoms with Crippen molar-refractivity contribution in [3.63, 3.8) is 0 Å². The van der Waals surface area contributed by atoms with Gasteiger partial charge in [-0.05, 0) is 49.7 Å². The van der Waals surface area contributed by atoms with Crippen LogP contribution >= 0.6 is 0 Å². The normalized spacial score (nSPS) is 10.3. The van der Waals surface area contributed by atoms with E-state index in [2.05, 4.69) is 10.3 Å². The van der Waals surface area contributed by atoms with E-state index in [0.29, 0.717) is 6.42 Å². The third-order valence-corrected chi connectivity index (χ3v) is 2.98. The van der Waals surface area contributed by atoms with Gasteiger partial charge in [-0.2, -0.15) is 0 Å². The van der Waals surface area contributed by atoms with Crippen LogP contribution in [0.2, 0.25) is 0 Å². The second-order valence-corrected chi connectivity index (χ2v) is 4.56. The Bertz CT molecular complexity index is 570. The summed E-state index contributed by atoms with van der Waals surface area (Å²) >= 11 is 0.